The molecule has 1 aromatic rings. The number of ketones is 1. The molecule has 0 radical (unpaired) electrons. The standard InChI is InChI=1S/C15H21N3O/c1-12(19)13-2-4-14(5-3-13)18-9-8-17-7-6-16-10-15(17)11-18/h2-5,15-16H,6-11H2,1H3. The van der Waals surface area contributed by atoms with Gasteiger partial charge in [0.05, 0.1) is 0 Å². The minimum Gasteiger partial charge on any atom is -0.369 e. The van der Waals surface area contributed by atoms with Gasteiger partial charge in [-0.3, -0.25) is 9.69 Å². The van der Waals surface area contributed by atoms with Crippen LogP contribution in [0.15, 0.2) is 24.3 Å². The Morgan fingerprint density at radius 3 is 2.74 bits per heavy atom. The highest BCUT2D eigenvalue weighted by molar-refractivity contribution is 5.94. The molecule has 1 N–H and O–H groups in total. The van der Waals surface area contributed by atoms with Crippen LogP contribution in [0.1, 0.15) is 17.3 Å². The lowest BCUT2D eigenvalue weighted by Crippen LogP contribution is -2.61. The number of Topliss-reactive ketones (excluding diaryl/α,β-unsaturated/α-hetero) is 1. The Labute approximate surface area is 114 Å². The van der Waals surface area contributed by atoms with Gasteiger partial charge >= 0.3 is 0 Å². The third-order valence-electron chi connectivity index (χ3n) is 4.20. The molecule has 0 saturated carbocycles. The Hall–Kier alpha value is -1.39. The highest BCUT2D eigenvalue weighted by atomic mass is 16.1. The number of piperazine rings is 2. The van der Waals surface area contributed by atoms with E-state index >= 15 is 0 Å². The maximum atomic E-state index is 11.3. The van der Waals surface area contributed by atoms with Crippen molar-refractivity contribution in [1.29, 1.82) is 0 Å². The second kappa shape index (κ2) is 5.31. The Balaban J connectivity index is 1.70. The summed E-state index contributed by atoms with van der Waals surface area (Å²) in [6.07, 6.45) is 0. The predicted octanol–water partition coefficient (Wildman–Crippen LogP) is 0.983. The minimum atomic E-state index is 0.132. The van der Waals surface area contributed by atoms with Crippen molar-refractivity contribution < 1.29 is 4.79 Å². The second-order valence-electron chi connectivity index (χ2n) is 5.44. The van der Waals surface area contributed by atoms with Gasteiger partial charge in [-0.2, -0.15) is 0 Å². The fourth-order valence-corrected chi connectivity index (χ4v) is 3.01. The molecule has 19 heavy (non-hydrogen) atoms. The summed E-state index contributed by atoms with van der Waals surface area (Å²) in [5.41, 5.74) is 2.02. The van der Waals surface area contributed by atoms with E-state index in [0.29, 0.717) is 6.04 Å². The fourth-order valence-electron chi connectivity index (χ4n) is 3.01. The van der Waals surface area contributed by atoms with Gasteiger partial charge in [-0.15, -0.1) is 0 Å². The first kappa shape index (κ1) is 12.6. The Morgan fingerprint density at radius 2 is 2.00 bits per heavy atom. The van der Waals surface area contributed by atoms with Crippen LogP contribution in [-0.2, 0) is 0 Å². The van der Waals surface area contributed by atoms with Gasteiger partial charge in [0.2, 0.25) is 0 Å². The molecule has 0 spiro atoms. The highest BCUT2D eigenvalue weighted by Gasteiger charge is 2.28. The molecule has 3 rings (SSSR count). The van der Waals surface area contributed by atoms with Crippen LogP contribution in [0.25, 0.3) is 0 Å². The van der Waals surface area contributed by atoms with E-state index in [1.165, 1.54) is 12.2 Å². The maximum Gasteiger partial charge on any atom is 0.159 e. The third-order valence-corrected chi connectivity index (χ3v) is 4.20. The van der Waals surface area contributed by atoms with Crippen molar-refractivity contribution in [3.63, 3.8) is 0 Å². The molecule has 0 aromatic heterocycles. The lowest BCUT2D eigenvalue weighted by atomic mass is 10.1. The van der Waals surface area contributed by atoms with Gasteiger partial charge in [0.1, 0.15) is 0 Å². The summed E-state index contributed by atoms with van der Waals surface area (Å²) in [5.74, 6) is 0.132. The molecule has 1 atom stereocenters. The van der Waals surface area contributed by atoms with E-state index < -0.39 is 0 Å². The number of nitrogens with zero attached hydrogens (tertiary/aromatic N) is 2. The minimum absolute atomic E-state index is 0.132. The maximum absolute atomic E-state index is 11.3. The number of fused-ring (bicyclic) bond motifs is 1. The average molecular weight is 259 g/mol. The van der Waals surface area contributed by atoms with E-state index in [0.717, 1.165) is 38.3 Å². The molecule has 0 amide bonds. The first-order valence-corrected chi connectivity index (χ1v) is 7.05. The van der Waals surface area contributed by atoms with Crippen molar-refractivity contribution in [3.8, 4) is 0 Å². The lowest BCUT2D eigenvalue weighted by Gasteiger charge is -2.45. The number of carbonyl (C=O) groups is 1. The van der Waals surface area contributed by atoms with Crippen molar-refractivity contribution in [1.82, 2.24) is 10.2 Å². The van der Waals surface area contributed by atoms with E-state index in [9.17, 15) is 4.79 Å². The number of hydrogen-bond donors (Lipinski definition) is 1. The van der Waals surface area contributed by atoms with Crippen LogP contribution >= 0.6 is 0 Å². The zero-order chi connectivity index (χ0) is 13.2. The van der Waals surface area contributed by atoms with Crippen LogP contribution in [0.2, 0.25) is 0 Å². The molecule has 0 bridgehead atoms. The van der Waals surface area contributed by atoms with Gasteiger partial charge in [-0.05, 0) is 31.2 Å². The smallest absolute Gasteiger partial charge is 0.159 e. The van der Waals surface area contributed by atoms with Crippen molar-refractivity contribution in [2.75, 3.05) is 44.2 Å². The molecule has 2 aliphatic heterocycles. The molecule has 2 saturated heterocycles. The second-order valence-corrected chi connectivity index (χ2v) is 5.44. The van der Waals surface area contributed by atoms with Gasteiger partial charge in [0.25, 0.3) is 0 Å². The van der Waals surface area contributed by atoms with Gasteiger partial charge < -0.3 is 10.2 Å². The monoisotopic (exact) mass is 259 g/mol. The quantitative estimate of drug-likeness (QED) is 0.803. The topological polar surface area (TPSA) is 35.6 Å². The summed E-state index contributed by atoms with van der Waals surface area (Å²) in [5, 5.41) is 3.47. The largest absolute Gasteiger partial charge is 0.369 e. The van der Waals surface area contributed by atoms with Crippen LogP contribution in [0, 0.1) is 0 Å². The van der Waals surface area contributed by atoms with Crippen molar-refractivity contribution in [3.05, 3.63) is 29.8 Å². The number of hydrogen-bond acceptors (Lipinski definition) is 4. The zero-order valence-corrected chi connectivity index (χ0v) is 11.4. The first-order chi connectivity index (χ1) is 9.24. The van der Waals surface area contributed by atoms with E-state index in [1.807, 2.05) is 12.1 Å². The summed E-state index contributed by atoms with van der Waals surface area (Å²) in [6, 6.07) is 8.63. The summed E-state index contributed by atoms with van der Waals surface area (Å²) >= 11 is 0. The molecule has 2 aliphatic rings. The number of nitrogens with one attached hydrogen (secondary N) is 1. The van der Waals surface area contributed by atoms with E-state index in [4.69, 9.17) is 0 Å². The molecule has 2 heterocycles. The summed E-state index contributed by atoms with van der Waals surface area (Å²) in [6.45, 7) is 8.28. The van der Waals surface area contributed by atoms with Crippen LogP contribution in [0.5, 0.6) is 0 Å². The SMILES string of the molecule is CC(=O)c1ccc(N2CCN3CCNCC3C2)cc1. The van der Waals surface area contributed by atoms with Crippen LogP contribution in [-0.4, -0.2) is 56.0 Å². The van der Waals surface area contributed by atoms with Gasteiger partial charge in [-0.1, -0.05) is 0 Å². The first-order valence-electron chi connectivity index (χ1n) is 7.05. The van der Waals surface area contributed by atoms with Crippen LogP contribution in [0.3, 0.4) is 0 Å². The van der Waals surface area contributed by atoms with E-state index in [2.05, 4.69) is 27.2 Å². The molecule has 1 aromatic carbocycles. The molecule has 4 nitrogen and oxygen atoms in total. The number of carbonyl (C=O) groups excluding carboxylic acids is 1. The Kier molecular flexibility index (Phi) is 3.53. The van der Waals surface area contributed by atoms with Crippen LogP contribution < -0.4 is 10.2 Å². The Bertz CT molecular complexity index is 457. The summed E-state index contributed by atoms with van der Waals surface area (Å²) in [4.78, 5) is 16.3. The third kappa shape index (κ3) is 2.65. The molecule has 4 heteroatoms. The zero-order valence-electron chi connectivity index (χ0n) is 11.4. The number of anilines is 1. The normalized spacial score (nSPS) is 24.1. The van der Waals surface area contributed by atoms with E-state index in [1.54, 1.807) is 6.92 Å². The van der Waals surface area contributed by atoms with Crippen molar-refractivity contribution in [2.24, 2.45) is 0 Å². The molecule has 0 aliphatic carbocycles. The molecule has 2 fully saturated rings. The number of benzene rings is 1. The van der Waals surface area contributed by atoms with Gasteiger partial charge in [0.15, 0.2) is 5.78 Å². The van der Waals surface area contributed by atoms with Gasteiger partial charge in [-0.25, -0.2) is 0 Å². The summed E-state index contributed by atoms with van der Waals surface area (Å²) in [7, 11) is 0. The van der Waals surface area contributed by atoms with Gasteiger partial charge in [0, 0.05) is 56.6 Å². The Morgan fingerprint density at radius 1 is 1.21 bits per heavy atom. The predicted molar refractivity (Wildman–Crippen MR) is 76.9 cm³/mol. The van der Waals surface area contributed by atoms with Crippen molar-refractivity contribution in [2.45, 2.75) is 13.0 Å². The fraction of sp³-hybridized carbons (Fsp3) is 0.533. The van der Waals surface area contributed by atoms with E-state index in [-0.39, 0.29) is 5.78 Å². The molecular weight excluding hydrogens is 238 g/mol. The van der Waals surface area contributed by atoms with Crippen molar-refractivity contribution >= 4 is 11.5 Å². The highest BCUT2D eigenvalue weighted by Crippen LogP contribution is 2.20. The number of rotatable bonds is 2. The lowest BCUT2D eigenvalue weighted by molar-refractivity contribution is 0.101. The summed E-state index contributed by atoms with van der Waals surface area (Å²) < 4.78 is 0. The molecular formula is C15H21N3O. The molecule has 1 unspecified atom stereocenters. The van der Waals surface area contributed by atoms with Crippen LogP contribution in [0.4, 0.5) is 5.69 Å². The molecule has 102 valence electrons. The average Bonchev–Trinajstić information content (AvgIpc) is 2.47.